The number of halogens is 4. The number of rotatable bonds is 4. The molecule has 0 aliphatic carbocycles. The summed E-state index contributed by atoms with van der Waals surface area (Å²) in [6.45, 7) is 0.302. The summed E-state index contributed by atoms with van der Waals surface area (Å²) in [4.78, 5) is -1.04. The highest BCUT2D eigenvalue weighted by molar-refractivity contribution is 7.89. The van der Waals surface area contributed by atoms with Crippen LogP contribution in [0, 0.1) is 24.4 Å². The van der Waals surface area contributed by atoms with E-state index in [9.17, 15) is 26.0 Å². The maximum absolute atomic E-state index is 14.5. The quantitative estimate of drug-likeness (QED) is 0.674. The van der Waals surface area contributed by atoms with Crippen molar-refractivity contribution < 1.29 is 30.5 Å². The van der Waals surface area contributed by atoms with Crippen molar-refractivity contribution in [3.8, 4) is 22.4 Å². The molecule has 3 rings (SSSR count). The second-order valence-electron chi connectivity index (χ2n) is 5.73. The van der Waals surface area contributed by atoms with E-state index in [1.54, 1.807) is 0 Å². The summed E-state index contributed by atoms with van der Waals surface area (Å²) < 4.78 is 83.1. The average Bonchev–Trinajstić information content (AvgIpc) is 3.01. The summed E-state index contributed by atoms with van der Waals surface area (Å²) in [7, 11) is -4.50. The number of hydrogen-bond acceptors (Lipinski definition) is 4. The number of alkyl halides is 1. The minimum atomic E-state index is -4.50. The minimum Gasteiger partial charge on any atom is -0.357 e. The summed E-state index contributed by atoms with van der Waals surface area (Å²) in [5.74, 6) is -3.38. The molecule has 0 aliphatic rings. The van der Waals surface area contributed by atoms with E-state index >= 15 is 0 Å². The van der Waals surface area contributed by atoms with E-state index in [-0.39, 0.29) is 22.4 Å². The molecule has 0 fully saturated rings. The number of benzene rings is 2. The number of nitrogens with two attached hydrogens (primary N) is 1. The van der Waals surface area contributed by atoms with Gasteiger partial charge in [-0.05, 0) is 42.8 Å². The van der Waals surface area contributed by atoms with Gasteiger partial charge in [0.2, 0.25) is 10.0 Å². The van der Waals surface area contributed by atoms with Crippen molar-refractivity contribution in [1.82, 2.24) is 5.16 Å². The van der Waals surface area contributed by atoms with Gasteiger partial charge < -0.3 is 4.52 Å². The summed E-state index contributed by atoms with van der Waals surface area (Å²) >= 11 is 0. The van der Waals surface area contributed by atoms with Crippen molar-refractivity contribution in [3.05, 3.63) is 59.1 Å². The Kier molecular flexibility index (Phi) is 4.79. The molecular weight excluding hydrogens is 388 g/mol. The number of aryl methyl sites for hydroxylation is 1. The van der Waals surface area contributed by atoms with Crippen LogP contribution in [0.25, 0.3) is 22.4 Å². The molecule has 0 unspecified atom stereocenters. The normalized spacial score (nSPS) is 11.8. The monoisotopic (exact) mass is 400 g/mol. The zero-order valence-electron chi connectivity index (χ0n) is 13.8. The second kappa shape index (κ2) is 6.78. The van der Waals surface area contributed by atoms with Crippen LogP contribution in [-0.4, -0.2) is 13.6 Å². The third-order valence-electron chi connectivity index (χ3n) is 3.91. The van der Waals surface area contributed by atoms with E-state index in [4.69, 9.17) is 9.66 Å². The topological polar surface area (TPSA) is 86.2 Å². The molecule has 3 aromatic rings. The zero-order chi connectivity index (χ0) is 19.9. The van der Waals surface area contributed by atoms with Crippen molar-refractivity contribution >= 4 is 10.0 Å². The Labute approximate surface area is 151 Å². The van der Waals surface area contributed by atoms with Gasteiger partial charge in [0.25, 0.3) is 0 Å². The molecule has 0 radical (unpaired) electrons. The first-order valence-corrected chi connectivity index (χ1v) is 9.01. The Morgan fingerprint density at radius 3 is 2.37 bits per heavy atom. The fraction of sp³-hybridized carbons (Fsp3) is 0.118. The van der Waals surface area contributed by atoms with Crippen LogP contribution < -0.4 is 5.14 Å². The predicted molar refractivity (Wildman–Crippen MR) is 88.2 cm³/mol. The molecule has 5 nitrogen and oxygen atoms in total. The fourth-order valence-electron chi connectivity index (χ4n) is 2.62. The lowest BCUT2D eigenvalue weighted by molar-refractivity contribution is 0.332. The molecule has 0 bridgehead atoms. The highest BCUT2D eigenvalue weighted by Gasteiger charge is 2.26. The lowest BCUT2D eigenvalue weighted by atomic mass is 9.98. The Morgan fingerprint density at radius 2 is 1.78 bits per heavy atom. The van der Waals surface area contributed by atoms with Gasteiger partial charge in [-0.25, -0.2) is 31.1 Å². The molecule has 27 heavy (non-hydrogen) atoms. The van der Waals surface area contributed by atoms with Crippen LogP contribution in [0.4, 0.5) is 17.6 Å². The Balaban J connectivity index is 2.27. The largest absolute Gasteiger partial charge is 0.357 e. The van der Waals surface area contributed by atoms with Crippen LogP contribution in [0.3, 0.4) is 0 Å². The summed E-state index contributed by atoms with van der Waals surface area (Å²) in [5, 5.41) is 8.52. The van der Waals surface area contributed by atoms with E-state index in [2.05, 4.69) is 5.16 Å². The number of aromatic nitrogens is 1. The Morgan fingerprint density at radius 1 is 1.07 bits per heavy atom. The van der Waals surface area contributed by atoms with Crippen LogP contribution in [-0.2, 0) is 16.7 Å². The van der Waals surface area contributed by atoms with Gasteiger partial charge >= 0.3 is 0 Å². The van der Waals surface area contributed by atoms with Crippen molar-refractivity contribution in [2.45, 2.75) is 18.5 Å². The molecule has 2 aromatic carbocycles. The van der Waals surface area contributed by atoms with E-state index in [1.807, 2.05) is 0 Å². The van der Waals surface area contributed by atoms with Gasteiger partial charge in [-0.2, -0.15) is 0 Å². The van der Waals surface area contributed by atoms with Gasteiger partial charge in [-0.1, -0.05) is 5.16 Å². The van der Waals surface area contributed by atoms with Crippen LogP contribution >= 0.6 is 0 Å². The van der Waals surface area contributed by atoms with E-state index in [1.165, 1.54) is 19.1 Å². The molecule has 10 heteroatoms. The fourth-order valence-corrected chi connectivity index (χ4v) is 3.22. The first kappa shape index (κ1) is 19.1. The van der Waals surface area contributed by atoms with Crippen LogP contribution in [0.2, 0.25) is 0 Å². The van der Waals surface area contributed by atoms with Gasteiger partial charge in [-0.15, -0.1) is 0 Å². The highest BCUT2D eigenvalue weighted by Crippen LogP contribution is 2.38. The van der Waals surface area contributed by atoms with Gasteiger partial charge in [0.1, 0.15) is 28.0 Å². The molecule has 1 heterocycles. The van der Waals surface area contributed by atoms with Crippen molar-refractivity contribution in [2.24, 2.45) is 5.14 Å². The SMILES string of the molecule is Cc1cc(-c2noc(CF)c2-c2cc(F)c(S(N)(=O)=O)cc2F)ccc1F. The summed E-state index contributed by atoms with van der Waals surface area (Å²) in [6, 6.07) is 4.80. The molecule has 142 valence electrons. The van der Waals surface area contributed by atoms with Crippen molar-refractivity contribution in [3.63, 3.8) is 0 Å². The molecular formula is C17H12F4N2O3S. The molecule has 1 aromatic heterocycles. The summed E-state index contributed by atoms with van der Waals surface area (Å²) in [5.41, 5.74) is -0.193. The second-order valence-corrected chi connectivity index (χ2v) is 7.26. The third kappa shape index (κ3) is 3.45. The molecule has 0 amide bonds. The van der Waals surface area contributed by atoms with E-state index < -0.39 is 50.4 Å². The molecule has 0 atom stereocenters. The van der Waals surface area contributed by atoms with Crippen LogP contribution in [0.1, 0.15) is 11.3 Å². The lowest BCUT2D eigenvalue weighted by Crippen LogP contribution is -2.14. The maximum atomic E-state index is 14.5. The molecule has 0 spiro atoms. The van der Waals surface area contributed by atoms with Gasteiger partial charge in [-0.3, -0.25) is 0 Å². The Bertz CT molecular complexity index is 1140. The third-order valence-corrected chi connectivity index (χ3v) is 4.84. The zero-order valence-corrected chi connectivity index (χ0v) is 14.6. The van der Waals surface area contributed by atoms with Crippen LogP contribution in [0.5, 0.6) is 0 Å². The van der Waals surface area contributed by atoms with Gasteiger partial charge in [0.05, 0.1) is 5.56 Å². The number of nitrogens with zero attached hydrogens (tertiary/aromatic N) is 1. The molecule has 0 saturated heterocycles. The first-order chi connectivity index (χ1) is 12.6. The molecule has 0 aliphatic heterocycles. The van der Waals surface area contributed by atoms with E-state index in [0.717, 1.165) is 6.07 Å². The molecule has 0 saturated carbocycles. The van der Waals surface area contributed by atoms with Crippen LogP contribution in [0.15, 0.2) is 39.8 Å². The summed E-state index contributed by atoms with van der Waals surface area (Å²) in [6.07, 6.45) is 0. The van der Waals surface area contributed by atoms with E-state index in [0.29, 0.717) is 12.1 Å². The first-order valence-electron chi connectivity index (χ1n) is 7.46. The van der Waals surface area contributed by atoms with Crippen molar-refractivity contribution in [2.75, 3.05) is 0 Å². The van der Waals surface area contributed by atoms with Gasteiger partial charge in [0.15, 0.2) is 12.4 Å². The van der Waals surface area contributed by atoms with Gasteiger partial charge in [0, 0.05) is 11.1 Å². The lowest BCUT2D eigenvalue weighted by Gasteiger charge is -2.08. The highest BCUT2D eigenvalue weighted by atomic mass is 32.2. The number of primary sulfonamides is 1. The van der Waals surface area contributed by atoms with Crippen molar-refractivity contribution in [1.29, 1.82) is 0 Å². The molecule has 2 N–H and O–H groups in total. The predicted octanol–water partition coefficient (Wildman–Crippen LogP) is 3.85. The standard InChI is InChI=1S/C17H12F4N2O3S/c1-8-4-9(2-3-11(8)19)17-16(14(7-18)26-23-17)10-5-13(21)15(6-12(10)20)27(22,24)25/h2-6H,7H2,1H3,(H2,22,24,25). The Hall–Kier alpha value is -2.72. The average molecular weight is 400 g/mol. The number of hydrogen-bond donors (Lipinski definition) is 1. The number of sulfonamides is 1. The minimum absolute atomic E-state index is 0.0487. The smallest absolute Gasteiger partial charge is 0.241 e. The maximum Gasteiger partial charge on any atom is 0.241 e.